The molecular weight excluding hydrogens is 268 g/mol. The lowest BCUT2D eigenvalue weighted by Crippen LogP contribution is -2.43. The highest BCUT2D eigenvalue weighted by Crippen LogP contribution is 2.28. The lowest BCUT2D eigenvalue weighted by molar-refractivity contribution is -0.121. The molecule has 1 aliphatic carbocycles. The molecular formula is C16H24N2OS. The fourth-order valence-corrected chi connectivity index (χ4v) is 3.94. The lowest BCUT2D eigenvalue weighted by atomic mass is 9.94. The van der Waals surface area contributed by atoms with Crippen LogP contribution in [0, 0.1) is 0 Å². The summed E-state index contributed by atoms with van der Waals surface area (Å²) >= 11 is 1.99. The third-order valence-corrected chi connectivity index (χ3v) is 5.09. The van der Waals surface area contributed by atoms with E-state index in [-0.39, 0.29) is 5.91 Å². The number of pyridine rings is 1. The number of carbonyl (C=O) groups excluding carboxylic acids is 1. The summed E-state index contributed by atoms with van der Waals surface area (Å²) in [6.45, 7) is 2.19. The molecule has 110 valence electrons. The van der Waals surface area contributed by atoms with Crippen LogP contribution in [-0.2, 0) is 11.2 Å². The molecule has 1 saturated carbocycles. The molecule has 1 aromatic rings. The molecule has 2 atom stereocenters. The molecule has 0 unspecified atom stereocenters. The zero-order chi connectivity index (χ0) is 14.2. The molecule has 0 aliphatic heterocycles. The Morgan fingerprint density at radius 2 is 2.25 bits per heavy atom. The number of nitrogens with zero attached hydrogens (tertiary/aromatic N) is 1. The Balaban J connectivity index is 1.78. The summed E-state index contributed by atoms with van der Waals surface area (Å²) in [5, 5.41) is 3.84. The van der Waals surface area contributed by atoms with Crippen LogP contribution in [0.1, 0.15) is 44.7 Å². The summed E-state index contributed by atoms with van der Waals surface area (Å²) in [5.41, 5.74) is 0.991. The maximum absolute atomic E-state index is 12.1. The Labute approximate surface area is 125 Å². The second-order valence-corrected chi connectivity index (χ2v) is 6.79. The van der Waals surface area contributed by atoms with E-state index in [0.717, 1.165) is 24.3 Å². The van der Waals surface area contributed by atoms with Crippen molar-refractivity contribution in [2.45, 2.75) is 56.7 Å². The van der Waals surface area contributed by atoms with Gasteiger partial charge < -0.3 is 5.32 Å². The number of thioether (sulfide) groups is 1. The van der Waals surface area contributed by atoms with Gasteiger partial charge in [-0.05, 0) is 37.1 Å². The van der Waals surface area contributed by atoms with Gasteiger partial charge in [0, 0.05) is 29.6 Å². The molecule has 2 rings (SSSR count). The normalized spacial score (nSPS) is 22.4. The molecule has 1 N–H and O–H groups in total. The number of nitrogens with one attached hydrogen (secondary N) is 1. The van der Waals surface area contributed by atoms with E-state index >= 15 is 0 Å². The summed E-state index contributed by atoms with van der Waals surface area (Å²) in [5.74, 6) is 1.30. The summed E-state index contributed by atoms with van der Waals surface area (Å²) in [6.07, 6.45) is 7.96. The van der Waals surface area contributed by atoms with E-state index in [4.69, 9.17) is 0 Å². The van der Waals surface area contributed by atoms with Gasteiger partial charge in [-0.2, -0.15) is 11.8 Å². The first-order valence-electron chi connectivity index (χ1n) is 7.60. The molecule has 0 bridgehead atoms. The van der Waals surface area contributed by atoms with Crippen LogP contribution in [0.15, 0.2) is 24.4 Å². The average molecular weight is 292 g/mol. The second kappa shape index (κ2) is 8.30. The van der Waals surface area contributed by atoms with Crippen molar-refractivity contribution in [1.29, 1.82) is 0 Å². The van der Waals surface area contributed by atoms with Gasteiger partial charge in [0.25, 0.3) is 0 Å². The molecule has 1 amide bonds. The van der Waals surface area contributed by atoms with Crippen molar-refractivity contribution >= 4 is 17.7 Å². The first-order chi connectivity index (χ1) is 9.79. The number of hydrogen-bond donors (Lipinski definition) is 1. The fraction of sp³-hybridized carbons (Fsp3) is 0.625. The number of aryl methyl sites for hydroxylation is 1. The Hall–Kier alpha value is -1.03. The largest absolute Gasteiger partial charge is 0.352 e. The first kappa shape index (κ1) is 15.4. The fourth-order valence-electron chi connectivity index (χ4n) is 2.74. The summed E-state index contributed by atoms with van der Waals surface area (Å²) in [4.78, 5) is 16.3. The maximum atomic E-state index is 12.1. The minimum Gasteiger partial charge on any atom is -0.352 e. The van der Waals surface area contributed by atoms with Gasteiger partial charge in [0.05, 0.1) is 0 Å². The van der Waals surface area contributed by atoms with Crippen molar-refractivity contribution in [2.24, 2.45) is 0 Å². The van der Waals surface area contributed by atoms with Crippen LogP contribution >= 0.6 is 11.8 Å². The molecule has 20 heavy (non-hydrogen) atoms. The van der Waals surface area contributed by atoms with Crippen molar-refractivity contribution in [1.82, 2.24) is 10.3 Å². The van der Waals surface area contributed by atoms with Crippen LogP contribution in [0.4, 0.5) is 0 Å². The number of aromatic nitrogens is 1. The van der Waals surface area contributed by atoms with Crippen molar-refractivity contribution < 1.29 is 4.79 Å². The highest BCUT2D eigenvalue weighted by atomic mass is 32.2. The predicted octanol–water partition coefficient (Wildman–Crippen LogP) is 3.19. The van der Waals surface area contributed by atoms with Gasteiger partial charge in [0.1, 0.15) is 0 Å². The maximum Gasteiger partial charge on any atom is 0.220 e. The third-order valence-electron chi connectivity index (χ3n) is 3.76. The molecule has 1 heterocycles. The smallest absolute Gasteiger partial charge is 0.220 e. The zero-order valence-electron chi connectivity index (χ0n) is 12.2. The quantitative estimate of drug-likeness (QED) is 0.875. The number of carbonyl (C=O) groups is 1. The molecule has 0 aromatic carbocycles. The van der Waals surface area contributed by atoms with Crippen molar-refractivity contribution in [3.63, 3.8) is 0 Å². The van der Waals surface area contributed by atoms with Crippen molar-refractivity contribution in [3.8, 4) is 0 Å². The minimum absolute atomic E-state index is 0.171. The van der Waals surface area contributed by atoms with Crippen molar-refractivity contribution in [2.75, 3.05) is 5.75 Å². The average Bonchev–Trinajstić information content (AvgIpc) is 2.49. The van der Waals surface area contributed by atoms with Crippen LogP contribution in [-0.4, -0.2) is 27.9 Å². The molecule has 1 aliphatic rings. The standard InChI is InChI=1S/C16H24N2OS/c1-2-20-15-9-4-3-8-14(15)18-16(19)11-10-13-7-5-6-12-17-13/h5-7,12,14-15H,2-4,8-11H2,1H3,(H,18,19)/t14-,15-/m1/s1. The van der Waals surface area contributed by atoms with E-state index in [9.17, 15) is 4.79 Å². The SMILES string of the molecule is CCS[C@@H]1CCCC[C@H]1NC(=O)CCc1ccccn1. The van der Waals surface area contributed by atoms with Crippen molar-refractivity contribution in [3.05, 3.63) is 30.1 Å². The second-order valence-electron chi connectivity index (χ2n) is 5.27. The third kappa shape index (κ3) is 4.82. The molecule has 0 radical (unpaired) electrons. The highest BCUT2D eigenvalue weighted by molar-refractivity contribution is 7.99. The highest BCUT2D eigenvalue weighted by Gasteiger charge is 2.26. The number of hydrogen-bond acceptors (Lipinski definition) is 3. The molecule has 1 aromatic heterocycles. The molecule has 1 fully saturated rings. The minimum atomic E-state index is 0.171. The van der Waals surface area contributed by atoms with Crippen LogP contribution in [0.5, 0.6) is 0 Å². The number of amides is 1. The molecule has 4 heteroatoms. The van der Waals surface area contributed by atoms with Crippen LogP contribution < -0.4 is 5.32 Å². The summed E-state index contributed by atoms with van der Waals surface area (Å²) in [6, 6.07) is 6.21. The molecule has 0 spiro atoms. The van der Waals surface area contributed by atoms with Gasteiger partial charge in [-0.15, -0.1) is 0 Å². The van der Waals surface area contributed by atoms with Gasteiger partial charge >= 0.3 is 0 Å². The van der Waals surface area contributed by atoms with Gasteiger partial charge in [-0.1, -0.05) is 25.8 Å². The zero-order valence-corrected chi connectivity index (χ0v) is 13.0. The van der Waals surface area contributed by atoms with Crippen LogP contribution in [0.3, 0.4) is 0 Å². The molecule has 0 saturated heterocycles. The summed E-state index contributed by atoms with van der Waals surface area (Å²) < 4.78 is 0. The van der Waals surface area contributed by atoms with E-state index in [1.807, 2.05) is 30.0 Å². The van der Waals surface area contributed by atoms with Crippen LogP contribution in [0.2, 0.25) is 0 Å². The topological polar surface area (TPSA) is 42.0 Å². The Morgan fingerprint density at radius 1 is 1.40 bits per heavy atom. The van der Waals surface area contributed by atoms with Gasteiger partial charge in [0.2, 0.25) is 5.91 Å². The predicted molar refractivity (Wildman–Crippen MR) is 84.9 cm³/mol. The Kier molecular flexibility index (Phi) is 6.37. The molecule has 3 nitrogen and oxygen atoms in total. The van der Waals surface area contributed by atoms with E-state index in [1.165, 1.54) is 19.3 Å². The van der Waals surface area contributed by atoms with Gasteiger partial charge in [0.15, 0.2) is 0 Å². The van der Waals surface area contributed by atoms with Gasteiger partial charge in [-0.3, -0.25) is 9.78 Å². The monoisotopic (exact) mass is 292 g/mol. The lowest BCUT2D eigenvalue weighted by Gasteiger charge is -2.31. The first-order valence-corrected chi connectivity index (χ1v) is 8.65. The Bertz CT molecular complexity index is 408. The Morgan fingerprint density at radius 3 is 3.00 bits per heavy atom. The van der Waals surface area contributed by atoms with E-state index < -0.39 is 0 Å². The van der Waals surface area contributed by atoms with E-state index in [0.29, 0.717) is 17.7 Å². The van der Waals surface area contributed by atoms with E-state index in [1.54, 1.807) is 6.20 Å². The van der Waals surface area contributed by atoms with Gasteiger partial charge in [-0.25, -0.2) is 0 Å². The summed E-state index contributed by atoms with van der Waals surface area (Å²) in [7, 11) is 0. The number of rotatable bonds is 6. The van der Waals surface area contributed by atoms with E-state index in [2.05, 4.69) is 17.2 Å². The van der Waals surface area contributed by atoms with Crippen LogP contribution in [0.25, 0.3) is 0 Å².